The highest BCUT2D eigenvalue weighted by molar-refractivity contribution is 5.92. The van der Waals surface area contributed by atoms with Gasteiger partial charge in [0.25, 0.3) is 5.91 Å². The first-order valence-electron chi connectivity index (χ1n) is 11.1. The normalized spacial score (nSPS) is 16.2. The van der Waals surface area contributed by atoms with Gasteiger partial charge in [0.05, 0.1) is 6.54 Å². The smallest absolute Gasteiger partial charge is 0.273 e. The molecule has 2 aromatic heterocycles. The first-order valence-corrected chi connectivity index (χ1v) is 11.1. The summed E-state index contributed by atoms with van der Waals surface area (Å²) < 4.78 is 5.45. The van der Waals surface area contributed by atoms with E-state index in [2.05, 4.69) is 50.7 Å². The van der Waals surface area contributed by atoms with Crippen molar-refractivity contribution in [2.24, 2.45) is 5.92 Å². The van der Waals surface area contributed by atoms with E-state index >= 15 is 0 Å². The van der Waals surface area contributed by atoms with E-state index in [1.54, 1.807) is 12.3 Å². The summed E-state index contributed by atoms with van der Waals surface area (Å²) in [6.07, 6.45) is 7.81. The first kappa shape index (κ1) is 21.2. The summed E-state index contributed by atoms with van der Waals surface area (Å²) in [5.74, 6) is 1.27. The quantitative estimate of drug-likeness (QED) is 0.601. The lowest BCUT2D eigenvalue weighted by Crippen LogP contribution is -2.34. The highest BCUT2D eigenvalue weighted by atomic mass is 16.5. The van der Waals surface area contributed by atoms with E-state index < -0.39 is 0 Å². The van der Waals surface area contributed by atoms with Gasteiger partial charge in [-0.25, -0.2) is 0 Å². The summed E-state index contributed by atoms with van der Waals surface area (Å²) in [4.78, 5) is 19.0. The summed E-state index contributed by atoms with van der Waals surface area (Å²) in [7, 11) is 0. The molecule has 3 aromatic rings. The highest BCUT2D eigenvalue weighted by Crippen LogP contribution is 2.23. The number of likely N-dealkylation sites (tertiary alicyclic amines) is 1. The number of rotatable bonds is 8. The van der Waals surface area contributed by atoms with Crippen molar-refractivity contribution >= 4 is 5.91 Å². The molecular formula is C25H30N4O2. The number of amides is 1. The van der Waals surface area contributed by atoms with Gasteiger partial charge >= 0.3 is 0 Å². The van der Waals surface area contributed by atoms with E-state index in [1.165, 1.54) is 18.4 Å². The maximum absolute atomic E-state index is 12.5. The van der Waals surface area contributed by atoms with Gasteiger partial charge in [-0.2, -0.15) is 0 Å². The number of hydrogen-bond donors (Lipinski definition) is 1. The molecule has 0 radical (unpaired) electrons. The van der Waals surface area contributed by atoms with Gasteiger partial charge in [0.2, 0.25) is 0 Å². The average Bonchev–Trinajstić information content (AvgIpc) is 3.25. The van der Waals surface area contributed by atoms with Gasteiger partial charge in [0, 0.05) is 24.5 Å². The van der Waals surface area contributed by atoms with Crippen LogP contribution < -0.4 is 5.32 Å². The number of pyridine rings is 1. The molecule has 1 saturated heterocycles. The van der Waals surface area contributed by atoms with Crippen molar-refractivity contribution in [1.29, 1.82) is 0 Å². The number of nitrogens with one attached hydrogen (secondary N) is 1. The van der Waals surface area contributed by atoms with Crippen LogP contribution in [-0.2, 0) is 19.4 Å². The molecule has 0 spiro atoms. The Morgan fingerprint density at radius 3 is 2.68 bits per heavy atom. The molecule has 1 amide bonds. The molecule has 4 rings (SSSR count). The summed E-state index contributed by atoms with van der Waals surface area (Å²) in [6, 6.07) is 16.4. The van der Waals surface area contributed by atoms with Crippen LogP contribution >= 0.6 is 0 Å². The zero-order valence-corrected chi connectivity index (χ0v) is 18.0. The Morgan fingerprint density at radius 2 is 1.94 bits per heavy atom. The fourth-order valence-electron chi connectivity index (χ4n) is 4.23. The minimum atomic E-state index is -0.201. The molecule has 31 heavy (non-hydrogen) atoms. The van der Waals surface area contributed by atoms with Crippen molar-refractivity contribution in [3.05, 3.63) is 83.5 Å². The molecule has 162 valence electrons. The van der Waals surface area contributed by atoms with Crippen LogP contribution in [0.1, 0.15) is 47.1 Å². The molecule has 0 saturated carbocycles. The summed E-state index contributed by atoms with van der Waals surface area (Å²) in [6.45, 7) is 4.76. The minimum Gasteiger partial charge on any atom is -0.359 e. The van der Waals surface area contributed by atoms with Crippen molar-refractivity contribution in [2.45, 2.75) is 45.2 Å². The largest absolute Gasteiger partial charge is 0.359 e. The number of carbonyl (C=O) groups is 1. The topological polar surface area (TPSA) is 71.3 Å². The predicted octanol–water partition coefficient (Wildman–Crippen LogP) is 3.89. The van der Waals surface area contributed by atoms with Gasteiger partial charge in [0.15, 0.2) is 11.5 Å². The molecule has 0 unspecified atom stereocenters. The molecule has 1 atom stereocenters. The van der Waals surface area contributed by atoms with E-state index in [1.807, 2.05) is 25.3 Å². The molecule has 3 heterocycles. The SMILES string of the molecule is C[C@@H](Cc1cccnc1)NC(=O)c1cc(CN2CCC(Cc3ccccc3)CC2)on1. The maximum Gasteiger partial charge on any atom is 0.273 e. The molecule has 6 nitrogen and oxygen atoms in total. The second kappa shape index (κ2) is 10.4. The van der Waals surface area contributed by atoms with Gasteiger partial charge in [-0.1, -0.05) is 41.6 Å². The van der Waals surface area contributed by atoms with Gasteiger partial charge in [-0.15, -0.1) is 0 Å². The lowest BCUT2D eigenvalue weighted by Gasteiger charge is -2.31. The molecule has 1 N–H and O–H groups in total. The third kappa shape index (κ3) is 6.25. The van der Waals surface area contributed by atoms with Crippen LogP contribution in [0.2, 0.25) is 0 Å². The lowest BCUT2D eigenvalue weighted by atomic mass is 9.90. The van der Waals surface area contributed by atoms with Crippen LogP contribution in [-0.4, -0.2) is 40.1 Å². The van der Waals surface area contributed by atoms with E-state index in [4.69, 9.17) is 4.52 Å². The monoisotopic (exact) mass is 418 g/mol. The summed E-state index contributed by atoms with van der Waals surface area (Å²) in [5, 5.41) is 6.97. The van der Waals surface area contributed by atoms with Gasteiger partial charge < -0.3 is 9.84 Å². The van der Waals surface area contributed by atoms with Crippen LogP contribution in [0.3, 0.4) is 0 Å². The Labute approximate surface area is 183 Å². The van der Waals surface area contributed by atoms with Crippen LogP contribution in [0.4, 0.5) is 0 Å². The number of carbonyl (C=O) groups excluding carboxylic acids is 1. The zero-order chi connectivity index (χ0) is 21.5. The molecule has 1 aliphatic heterocycles. The van der Waals surface area contributed by atoms with E-state index in [-0.39, 0.29) is 11.9 Å². The maximum atomic E-state index is 12.5. The van der Waals surface area contributed by atoms with Crippen LogP contribution in [0.5, 0.6) is 0 Å². The molecule has 0 aliphatic carbocycles. The lowest BCUT2D eigenvalue weighted by molar-refractivity contribution is 0.0930. The van der Waals surface area contributed by atoms with Crippen molar-refractivity contribution in [1.82, 2.24) is 20.4 Å². The zero-order valence-electron chi connectivity index (χ0n) is 18.0. The van der Waals surface area contributed by atoms with Gasteiger partial charge in [-0.05, 0) is 68.8 Å². The third-order valence-corrected chi connectivity index (χ3v) is 5.89. The summed E-state index contributed by atoms with van der Waals surface area (Å²) >= 11 is 0. The minimum absolute atomic E-state index is 0.0134. The predicted molar refractivity (Wildman–Crippen MR) is 120 cm³/mol. The van der Waals surface area contributed by atoms with Gasteiger partial charge in [0.1, 0.15) is 0 Å². The number of aromatic nitrogens is 2. The van der Waals surface area contributed by atoms with Crippen LogP contribution in [0, 0.1) is 5.92 Å². The Balaban J connectivity index is 1.22. The van der Waals surface area contributed by atoms with E-state index in [9.17, 15) is 4.79 Å². The standard InChI is InChI=1S/C25H30N4O2/c1-19(14-22-8-5-11-26-17-22)27-25(30)24-16-23(31-28-24)18-29-12-9-21(10-13-29)15-20-6-3-2-4-7-20/h2-8,11,16-17,19,21H,9-10,12-15,18H2,1H3,(H,27,30)/t19-/m0/s1. The van der Waals surface area contributed by atoms with Gasteiger partial charge in [-0.3, -0.25) is 14.7 Å². The Morgan fingerprint density at radius 1 is 1.16 bits per heavy atom. The van der Waals surface area contributed by atoms with Crippen molar-refractivity contribution < 1.29 is 9.32 Å². The number of nitrogens with zero attached hydrogens (tertiary/aromatic N) is 3. The summed E-state index contributed by atoms with van der Waals surface area (Å²) in [5.41, 5.74) is 2.85. The Hall–Kier alpha value is -2.99. The fraction of sp³-hybridized carbons (Fsp3) is 0.400. The second-order valence-electron chi connectivity index (χ2n) is 8.53. The number of piperidine rings is 1. The Kier molecular flexibility index (Phi) is 7.10. The second-order valence-corrected chi connectivity index (χ2v) is 8.53. The average molecular weight is 419 g/mol. The third-order valence-electron chi connectivity index (χ3n) is 5.89. The fourth-order valence-corrected chi connectivity index (χ4v) is 4.23. The molecule has 1 aliphatic rings. The first-order chi connectivity index (χ1) is 15.2. The Bertz CT molecular complexity index is 950. The van der Waals surface area contributed by atoms with E-state index in [0.29, 0.717) is 12.2 Å². The molecule has 1 aromatic carbocycles. The van der Waals surface area contributed by atoms with Crippen molar-refractivity contribution in [3.63, 3.8) is 0 Å². The molecule has 6 heteroatoms. The molecule has 0 bridgehead atoms. The van der Waals surface area contributed by atoms with Crippen molar-refractivity contribution in [3.8, 4) is 0 Å². The number of hydrogen-bond acceptors (Lipinski definition) is 5. The van der Waals surface area contributed by atoms with E-state index in [0.717, 1.165) is 43.2 Å². The molecular weight excluding hydrogens is 388 g/mol. The van der Waals surface area contributed by atoms with Crippen molar-refractivity contribution in [2.75, 3.05) is 13.1 Å². The van der Waals surface area contributed by atoms with Crippen LogP contribution in [0.25, 0.3) is 0 Å². The highest BCUT2D eigenvalue weighted by Gasteiger charge is 2.22. The van der Waals surface area contributed by atoms with Crippen LogP contribution in [0.15, 0.2) is 65.4 Å². The molecule has 1 fully saturated rings. The number of benzene rings is 1.